The van der Waals surface area contributed by atoms with Gasteiger partial charge in [-0.25, -0.2) is 4.79 Å². The monoisotopic (exact) mass is 674 g/mol. The molecule has 0 aromatic heterocycles. The first-order chi connectivity index (χ1) is 22.6. The topological polar surface area (TPSA) is 134 Å². The van der Waals surface area contributed by atoms with E-state index in [-0.39, 0.29) is 36.4 Å². The molecule has 5 aliphatic rings. The molecule has 5 aliphatic heterocycles. The van der Waals surface area contributed by atoms with Crippen molar-refractivity contribution >= 4 is 45.4 Å². The van der Waals surface area contributed by atoms with E-state index in [4.69, 9.17) is 9.57 Å². The van der Waals surface area contributed by atoms with Gasteiger partial charge in [0.1, 0.15) is 6.29 Å². The van der Waals surface area contributed by atoms with E-state index in [1.165, 1.54) is 18.8 Å². The molecule has 252 valence electrons. The molecule has 0 saturated heterocycles. The zero-order chi connectivity index (χ0) is 34.3. The van der Waals surface area contributed by atoms with Crippen LogP contribution < -0.4 is 4.90 Å². The fourth-order valence-electron chi connectivity index (χ4n) is 8.33. The summed E-state index contributed by atoms with van der Waals surface area (Å²) < 4.78 is 43.0. The number of carbonyl (C=O) groups is 3. The highest BCUT2D eigenvalue weighted by molar-refractivity contribution is 7.85. The smallest absolute Gasteiger partial charge is 0.336 e. The Labute approximate surface area is 280 Å². The van der Waals surface area contributed by atoms with Gasteiger partial charge >= 0.3 is 5.97 Å². The van der Waals surface area contributed by atoms with Gasteiger partial charge in [0.25, 0.3) is 16.0 Å². The van der Waals surface area contributed by atoms with E-state index in [1.807, 2.05) is 18.2 Å². The molecule has 0 radical (unpaired) electrons. The first-order valence-electron chi connectivity index (χ1n) is 16.3. The predicted octanol–water partition coefficient (Wildman–Crippen LogP) is 4.30. The Morgan fingerprint density at radius 2 is 1.85 bits per heavy atom. The SMILES string of the molecule is CN(OC(=O)Cc1ccc2c(c1)C(C)(C)C1=C3C=C4C5=[N+](CCC4OC3CCN12)c1ccc(S(=O)(=O)O)cc1C5(C)C)C(=O)CCC=O. The zero-order valence-electron chi connectivity index (χ0n) is 27.8. The molecule has 7 rings (SSSR count). The van der Waals surface area contributed by atoms with E-state index in [9.17, 15) is 27.4 Å². The molecule has 0 bridgehead atoms. The summed E-state index contributed by atoms with van der Waals surface area (Å²) in [5.74, 6) is -1.00. The minimum atomic E-state index is -4.35. The second-order valence-corrected chi connectivity index (χ2v) is 15.7. The van der Waals surface area contributed by atoms with Crippen LogP contribution in [0, 0.1) is 0 Å². The Balaban J connectivity index is 1.23. The number of hydrogen-bond acceptors (Lipinski definition) is 8. The predicted molar refractivity (Wildman–Crippen MR) is 177 cm³/mol. The van der Waals surface area contributed by atoms with Crippen LogP contribution in [0.25, 0.3) is 0 Å². The van der Waals surface area contributed by atoms with Gasteiger partial charge in [-0.05, 0) is 55.7 Å². The highest BCUT2D eigenvalue weighted by Gasteiger charge is 2.54. The van der Waals surface area contributed by atoms with Crippen LogP contribution in [0.4, 0.5) is 11.4 Å². The van der Waals surface area contributed by atoms with Crippen LogP contribution in [0.2, 0.25) is 0 Å². The first kappa shape index (κ1) is 32.4. The van der Waals surface area contributed by atoms with Gasteiger partial charge in [0.2, 0.25) is 5.69 Å². The maximum absolute atomic E-state index is 12.7. The van der Waals surface area contributed by atoms with Gasteiger partial charge in [0.05, 0.1) is 28.9 Å². The van der Waals surface area contributed by atoms with Crippen LogP contribution >= 0.6 is 0 Å². The average Bonchev–Trinajstić information content (AvgIpc) is 3.41. The van der Waals surface area contributed by atoms with Gasteiger partial charge in [-0.1, -0.05) is 26.0 Å². The Bertz CT molecular complexity index is 1990. The molecule has 12 heteroatoms. The van der Waals surface area contributed by atoms with E-state index in [0.29, 0.717) is 6.29 Å². The second-order valence-electron chi connectivity index (χ2n) is 14.2. The number of amides is 1. The van der Waals surface area contributed by atoms with E-state index < -0.39 is 32.8 Å². The quantitative estimate of drug-likeness (QED) is 0.206. The number of benzene rings is 2. The lowest BCUT2D eigenvalue weighted by molar-refractivity contribution is -0.445. The molecule has 2 aromatic rings. The maximum atomic E-state index is 12.7. The van der Waals surface area contributed by atoms with Gasteiger partial charge in [-0.3, -0.25) is 9.35 Å². The lowest BCUT2D eigenvalue weighted by atomic mass is 9.74. The summed E-state index contributed by atoms with van der Waals surface area (Å²) >= 11 is 0. The summed E-state index contributed by atoms with van der Waals surface area (Å²) in [5, 5.41) is 0.891. The van der Waals surface area contributed by atoms with Crippen LogP contribution in [-0.4, -0.2) is 78.8 Å². The van der Waals surface area contributed by atoms with Crippen molar-refractivity contribution in [1.82, 2.24) is 5.06 Å². The lowest BCUT2D eigenvalue weighted by Gasteiger charge is -2.42. The highest BCUT2D eigenvalue weighted by atomic mass is 32.2. The van der Waals surface area contributed by atoms with Crippen LogP contribution in [0.5, 0.6) is 0 Å². The summed E-state index contributed by atoms with van der Waals surface area (Å²) in [6.45, 7) is 10.1. The number of hydrogen-bond donors (Lipinski definition) is 1. The van der Waals surface area contributed by atoms with Crippen molar-refractivity contribution in [1.29, 1.82) is 0 Å². The van der Waals surface area contributed by atoms with Gasteiger partial charge in [-0.15, -0.1) is 0 Å². The van der Waals surface area contributed by atoms with Crippen molar-refractivity contribution in [2.24, 2.45) is 0 Å². The molecule has 2 atom stereocenters. The van der Waals surface area contributed by atoms with Crippen LogP contribution in [0.1, 0.15) is 70.1 Å². The molecule has 0 saturated carbocycles. The minimum absolute atomic E-state index is 0.0128. The number of allylic oxidation sites excluding steroid dienone is 1. The molecule has 0 fully saturated rings. The van der Waals surface area contributed by atoms with E-state index in [0.717, 1.165) is 75.9 Å². The molecule has 1 amide bonds. The maximum Gasteiger partial charge on any atom is 0.336 e. The molecule has 5 heterocycles. The summed E-state index contributed by atoms with van der Waals surface area (Å²) in [4.78, 5) is 42.9. The average molecular weight is 675 g/mol. The molecule has 2 unspecified atom stereocenters. The molecule has 0 spiro atoms. The number of carbonyl (C=O) groups excluding carboxylic acids is 3. The van der Waals surface area contributed by atoms with E-state index >= 15 is 0 Å². The van der Waals surface area contributed by atoms with E-state index in [2.05, 4.69) is 43.2 Å². The number of ether oxygens (including phenoxy) is 1. The number of nitrogens with zero attached hydrogens (tertiary/aromatic N) is 3. The molecular formula is C36H40N3O8S+. The fourth-order valence-corrected chi connectivity index (χ4v) is 8.84. The molecule has 0 aliphatic carbocycles. The van der Waals surface area contributed by atoms with Gasteiger partial charge in [0, 0.05) is 72.4 Å². The molecule has 11 nitrogen and oxygen atoms in total. The molecule has 2 aromatic carbocycles. The summed E-state index contributed by atoms with van der Waals surface area (Å²) in [6, 6.07) is 10.9. The second kappa shape index (κ2) is 11.2. The standard InChI is InChI=1S/C36H39N3O8S/c1-35(2)25-17-21(18-32(42)47-37(5)31(41)7-6-16-40)8-10-27(25)38-14-12-29-23(33(35)38)20-24-30(46-29)13-15-39-28-11-9-22(48(43,44)45)19-26(28)36(3,4)34(24)39/h8-11,16-17,19-20,29-30H,6-7,12-15,18H2,1-5H3/p+1. The van der Waals surface area contributed by atoms with E-state index in [1.54, 1.807) is 12.1 Å². The van der Waals surface area contributed by atoms with Crippen molar-refractivity contribution < 1.29 is 41.5 Å². The number of fused-ring (bicyclic) bond motifs is 8. The molecule has 48 heavy (non-hydrogen) atoms. The highest BCUT2D eigenvalue weighted by Crippen LogP contribution is 2.54. The Morgan fingerprint density at radius 3 is 2.58 bits per heavy atom. The number of aldehydes is 1. The van der Waals surface area contributed by atoms with Crippen molar-refractivity contribution in [3.8, 4) is 0 Å². The fraction of sp³-hybridized carbons (Fsp3) is 0.444. The third-order valence-corrected chi connectivity index (χ3v) is 11.4. The third-order valence-electron chi connectivity index (χ3n) is 10.5. The molecular weight excluding hydrogens is 634 g/mol. The zero-order valence-corrected chi connectivity index (χ0v) is 28.6. The molecule has 1 N–H and O–H groups in total. The van der Waals surface area contributed by atoms with Gasteiger partial charge < -0.3 is 19.3 Å². The van der Waals surface area contributed by atoms with Crippen molar-refractivity contribution in [3.05, 3.63) is 76.0 Å². The normalized spacial score (nSPS) is 22.9. The largest absolute Gasteiger partial charge is 0.365 e. The summed E-state index contributed by atoms with van der Waals surface area (Å²) in [7, 11) is -2.98. The van der Waals surface area contributed by atoms with Crippen LogP contribution in [0.15, 0.2) is 64.2 Å². The Morgan fingerprint density at radius 1 is 1.08 bits per heavy atom. The number of anilines is 1. The Kier molecular flexibility index (Phi) is 7.57. The summed E-state index contributed by atoms with van der Waals surface area (Å²) in [5.41, 5.74) is 8.31. The lowest BCUT2D eigenvalue weighted by Crippen LogP contribution is -2.47. The van der Waals surface area contributed by atoms with Crippen LogP contribution in [-0.2, 0) is 51.3 Å². The Hall–Kier alpha value is -4.13. The summed E-state index contributed by atoms with van der Waals surface area (Å²) in [6.07, 6.45) is 4.48. The third kappa shape index (κ3) is 5.03. The van der Waals surface area contributed by atoms with Crippen molar-refractivity contribution in [2.75, 3.05) is 25.0 Å². The van der Waals surface area contributed by atoms with Gasteiger partial charge in [0.15, 0.2) is 12.3 Å². The van der Waals surface area contributed by atoms with Crippen LogP contribution in [0.3, 0.4) is 0 Å². The van der Waals surface area contributed by atoms with Crippen molar-refractivity contribution in [2.45, 2.75) is 87.7 Å². The number of rotatable bonds is 6. The minimum Gasteiger partial charge on any atom is -0.365 e. The number of hydroxylamine groups is 2. The van der Waals surface area contributed by atoms with Gasteiger partial charge in [-0.2, -0.15) is 18.1 Å². The first-order valence-corrected chi connectivity index (χ1v) is 17.8. The van der Waals surface area contributed by atoms with Crippen molar-refractivity contribution in [3.63, 3.8) is 0 Å².